The van der Waals surface area contributed by atoms with Crippen LogP contribution < -0.4 is 0 Å². The Morgan fingerprint density at radius 2 is 1.72 bits per heavy atom. The van der Waals surface area contributed by atoms with Crippen LogP contribution >= 0.6 is 0 Å². The molecular weight excluding hydrogens is 222 g/mol. The van der Waals surface area contributed by atoms with Gasteiger partial charge in [-0.15, -0.1) is 0 Å². The van der Waals surface area contributed by atoms with Gasteiger partial charge in [0.2, 0.25) is 0 Å². The minimum atomic E-state index is 0.208. The van der Waals surface area contributed by atoms with E-state index in [-0.39, 0.29) is 5.78 Å². The van der Waals surface area contributed by atoms with Gasteiger partial charge < -0.3 is 4.57 Å². The van der Waals surface area contributed by atoms with Gasteiger partial charge in [-0.05, 0) is 51.5 Å². The summed E-state index contributed by atoms with van der Waals surface area (Å²) >= 11 is 0. The molecular formula is C16H19NO. The first-order chi connectivity index (χ1) is 8.49. The van der Waals surface area contributed by atoms with E-state index >= 15 is 0 Å². The molecule has 0 amide bonds. The Labute approximate surface area is 108 Å². The van der Waals surface area contributed by atoms with Gasteiger partial charge >= 0.3 is 0 Å². The molecule has 0 saturated carbocycles. The summed E-state index contributed by atoms with van der Waals surface area (Å²) in [4.78, 5) is 11.3. The lowest BCUT2D eigenvalue weighted by Gasteiger charge is -2.10. The largest absolute Gasteiger partial charge is 0.318 e. The molecule has 0 saturated heterocycles. The molecule has 0 radical (unpaired) electrons. The molecule has 2 rings (SSSR count). The number of nitrogens with zero attached hydrogens (tertiary/aromatic N) is 1. The number of hydrogen-bond acceptors (Lipinski definition) is 1. The summed E-state index contributed by atoms with van der Waals surface area (Å²) in [7, 11) is 0. The molecule has 0 spiro atoms. The van der Waals surface area contributed by atoms with Crippen molar-refractivity contribution in [2.24, 2.45) is 0 Å². The lowest BCUT2D eigenvalue weighted by molar-refractivity contribution is -0.116. The van der Waals surface area contributed by atoms with Crippen LogP contribution in [0.25, 0.3) is 5.69 Å². The van der Waals surface area contributed by atoms with Crippen molar-refractivity contribution in [1.82, 2.24) is 4.57 Å². The van der Waals surface area contributed by atoms with Crippen molar-refractivity contribution in [3.05, 3.63) is 52.8 Å². The Hall–Kier alpha value is -1.83. The molecule has 1 aromatic carbocycles. The average molecular weight is 241 g/mol. The molecule has 2 nitrogen and oxygen atoms in total. The molecule has 0 N–H and O–H groups in total. The fraction of sp³-hybridized carbons (Fsp3) is 0.312. The van der Waals surface area contributed by atoms with E-state index in [1.807, 2.05) is 0 Å². The van der Waals surface area contributed by atoms with Crippen molar-refractivity contribution in [3.8, 4) is 5.69 Å². The molecule has 94 valence electrons. The molecule has 2 aromatic rings. The van der Waals surface area contributed by atoms with E-state index in [9.17, 15) is 4.79 Å². The number of carbonyl (C=O) groups is 1. The SMILES string of the molecule is CC(=O)Cc1cc(C)n(-c2ccc(C)cc2)c1C. The maximum atomic E-state index is 11.3. The van der Waals surface area contributed by atoms with Gasteiger partial charge in [0.15, 0.2) is 0 Å². The molecule has 0 unspecified atom stereocenters. The van der Waals surface area contributed by atoms with Gasteiger partial charge in [-0.25, -0.2) is 0 Å². The third-order valence-electron chi connectivity index (χ3n) is 3.27. The second-order valence-corrected chi connectivity index (χ2v) is 4.95. The molecule has 0 aliphatic rings. The maximum absolute atomic E-state index is 11.3. The van der Waals surface area contributed by atoms with Crippen LogP contribution in [0.5, 0.6) is 0 Å². The highest BCUT2D eigenvalue weighted by molar-refractivity contribution is 5.78. The van der Waals surface area contributed by atoms with E-state index in [1.165, 1.54) is 11.3 Å². The Morgan fingerprint density at radius 3 is 2.28 bits per heavy atom. The summed E-state index contributed by atoms with van der Waals surface area (Å²) < 4.78 is 2.21. The molecule has 18 heavy (non-hydrogen) atoms. The Bertz CT molecular complexity index is 576. The van der Waals surface area contributed by atoms with Crippen molar-refractivity contribution >= 4 is 5.78 Å². The summed E-state index contributed by atoms with van der Waals surface area (Å²) in [5.74, 6) is 0.208. The summed E-state index contributed by atoms with van der Waals surface area (Å²) in [6.07, 6.45) is 0.519. The van der Waals surface area contributed by atoms with Crippen LogP contribution in [0.1, 0.15) is 29.4 Å². The zero-order valence-corrected chi connectivity index (χ0v) is 11.4. The van der Waals surface area contributed by atoms with Gasteiger partial charge in [0, 0.05) is 23.5 Å². The number of benzene rings is 1. The van der Waals surface area contributed by atoms with Gasteiger partial charge in [0.1, 0.15) is 5.78 Å². The van der Waals surface area contributed by atoms with Crippen molar-refractivity contribution < 1.29 is 4.79 Å². The number of rotatable bonds is 3. The Morgan fingerprint density at radius 1 is 1.11 bits per heavy atom. The van der Waals surface area contributed by atoms with Crippen LogP contribution in [0.15, 0.2) is 30.3 Å². The van der Waals surface area contributed by atoms with Crippen LogP contribution in [-0.2, 0) is 11.2 Å². The molecule has 0 atom stereocenters. The monoisotopic (exact) mass is 241 g/mol. The second kappa shape index (κ2) is 4.81. The zero-order valence-electron chi connectivity index (χ0n) is 11.4. The van der Waals surface area contributed by atoms with Crippen LogP contribution in [0, 0.1) is 20.8 Å². The van der Waals surface area contributed by atoms with Crippen molar-refractivity contribution in [2.75, 3.05) is 0 Å². The lowest BCUT2D eigenvalue weighted by Crippen LogP contribution is -2.01. The fourth-order valence-corrected chi connectivity index (χ4v) is 2.37. The Balaban J connectivity index is 2.48. The summed E-state index contributed by atoms with van der Waals surface area (Å²) in [6.45, 7) is 7.87. The van der Waals surface area contributed by atoms with Crippen molar-refractivity contribution in [1.29, 1.82) is 0 Å². The standard InChI is InChI=1S/C16H19NO/c1-11-5-7-16(8-6-11)17-12(2)9-15(14(17)4)10-13(3)18/h5-9H,10H2,1-4H3. The number of aryl methyl sites for hydroxylation is 2. The number of Topliss-reactive ketones (excluding diaryl/α,β-unsaturated/α-hetero) is 1. The summed E-state index contributed by atoms with van der Waals surface area (Å²) in [6, 6.07) is 10.6. The average Bonchev–Trinajstić information content (AvgIpc) is 2.55. The van der Waals surface area contributed by atoms with E-state index in [1.54, 1.807) is 6.92 Å². The first kappa shape index (κ1) is 12.6. The lowest BCUT2D eigenvalue weighted by atomic mass is 10.1. The highest BCUT2D eigenvalue weighted by Crippen LogP contribution is 2.21. The predicted molar refractivity (Wildman–Crippen MR) is 74.4 cm³/mol. The first-order valence-corrected chi connectivity index (χ1v) is 6.23. The van der Waals surface area contributed by atoms with Gasteiger partial charge in [-0.1, -0.05) is 17.7 Å². The highest BCUT2D eigenvalue weighted by Gasteiger charge is 2.11. The molecule has 2 heteroatoms. The third kappa shape index (κ3) is 2.37. The van der Waals surface area contributed by atoms with E-state index in [2.05, 4.69) is 55.7 Å². The van der Waals surface area contributed by atoms with Crippen LogP contribution in [0.4, 0.5) is 0 Å². The Kier molecular flexibility index (Phi) is 3.37. The first-order valence-electron chi connectivity index (χ1n) is 6.23. The molecule has 1 heterocycles. The van der Waals surface area contributed by atoms with E-state index in [4.69, 9.17) is 0 Å². The third-order valence-corrected chi connectivity index (χ3v) is 3.27. The van der Waals surface area contributed by atoms with Crippen LogP contribution in [0.3, 0.4) is 0 Å². The molecule has 0 aliphatic heterocycles. The van der Waals surface area contributed by atoms with E-state index in [0.717, 1.165) is 16.9 Å². The molecule has 0 bridgehead atoms. The van der Waals surface area contributed by atoms with Gasteiger partial charge in [-0.3, -0.25) is 4.79 Å². The normalized spacial score (nSPS) is 10.7. The molecule has 0 aliphatic carbocycles. The van der Waals surface area contributed by atoms with Crippen LogP contribution in [-0.4, -0.2) is 10.4 Å². The van der Waals surface area contributed by atoms with Gasteiger partial charge in [0.05, 0.1) is 0 Å². The smallest absolute Gasteiger partial charge is 0.134 e. The summed E-state index contributed by atoms with van der Waals surface area (Å²) in [5.41, 5.74) is 5.87. The predicted octanol–water partition coefficient (Wildman–Crippen LogP) is 3.53. The number of hydrogen-bond donors (Lipinski definition) is 0. The maximum Gasteiger partial charge on any atom is 0.134 e. The summed E-state index contributed by atoms with van der Waals surface area (Å²) in [5, 5.41) is 0. The van der Waals surface area contributed by atoms with Crippen LogP contribution in [0.2, 0.25) is 0 Å². The molecule has 1 aromatic heterocycles. The number of carbonyl (C=O) groups excluding carboxylic acids is 1. The second-order valence-electron chi connectivity index (χ2n) is 4.95. The minimum absolute atomic E-state index is 0.208. The van der Waals surface area contributed by atoms with Gasteiger partial charge in [-0.2, -0.15) is 0 Å². The van der Waals surface area contributed by atoms with E-state index < -0.39 is 0 Å². The number of aromatic nitrogens is 1. The fourth-order valence-electron chi connectivity index (χ4n) is 2.37. The molecule has 0 fully saturated rings. The highest BCUT2D eigenvalue weighted by atomic mass is 16.1. The topological polar surface area (TPSA) is 22.0 Å². The number of ketones is 1. The van der Waals surface area contributed by atoms with Gasteiger partial charge in [0.25, 0.3) is 0 Å². The van der Waals surface area contributed by atoms with Crippen molar-refractivity contribution in [3.63, 3.8) is 0 Å². The zero-order chi connectivity index (χ0) is 13.3. The minimum Gasteiger partial charge on any atom is -0.318 e. The quantitative estimate of drug-likeness (QED) is 0.805. The van der Waals surface area contributed by atoms with E-state index in [0.29, 0.717) is 6.42 Å². The van der Waals surface area contributed by atoms with Crippen molar-refractivity contribution in [2.45, 2.75) is 34.1 Å².